The monoisotopic (exact) mass is 176 g/mol. The zero-order chi connectivity index (χ0) is 9.26. The van der Waals surface area contributed by atoms with E-state index in [2.05, 4.69) is 5.32 Å². The SMILES string of the molecule is COc1ccc2c(c1)NCC=C2N. The Balaban J connectivity index is 2.48. The number of benzene rings is 1. The number of hydrogen-bond donors (Lipinski definition) is 2. The predicted octanol–water partition coefficient (Wildman–Crippen LogP) is 1.42. The lowest BCUT2D eigenvalue weighted by molar-refractivity contribution is 0.415. The molecule has 0 unspecified atom stereocenters. The van der Waals surface area contributed by atoms with Gasteiger partial charge in [0.05, 0.1) is 7.11 Å². The Morgan fingerprint density at radius 1 is 1.46 bits per heavy atom. The molecule has 1 aromatic rings. The fraction of sp³-hybridized carbons (Fsp3) is 0.200. The molecule has 1 aliphatic heterocycles. The van der Waals surface area contributed by atoms with Crippen molar-refractivity contribution in [2.24, 2.45) is 5.73 Å². The quantitative estimate of drug-likeness (QED) is 0.680. The normalized spacial score (nSPS) is 14.1. The summed E-state index contributed by atoms with van der Waals surface area (Å²) >= 11 is 0. The topological polar surface area (TPSA) is 47.3 Å². The van der Waals surface area contributed by atoms with Crippen molar-refractivity contribution in [3.05, 3.63) is 29.8 Å². The molecule has 0 aromatic heterocycles. The van der Waals surface area contributed by atoms with E-state index in [-0.39, 0.29) is 0 Å². The van der Waals surface area contributed by atoms with Crippen molar-refractivity contribution >= 4 is 11.4 Å². The minimum absolute atomic E-state index is 0.784. The molecule has 13 heavy (non-hydrogen) atoms. The molecule has 2 rings (SSSR count). The molecule has 1 heterocycles. The van der Waals surface area contributed by atoms with Crippen LogP contribution < -0.4 is 15.8 Å². The van der Waals surface area contributed by atoms with Gasteiger partial charge in [-0.05, 0) is 18.2 Å². The fourth-order valence-corrected chi connectivity index (χ4v) is 1.43. The number of hydrogen-bond acceptors (Lipinski definition) is 3. The van der Waals surface area contributed by atoms with Gasteiger partial charge in [-0.1, -0.05) is 0 Å². The van der Waals surface area contributed by atoms with Gasteiger partial charge in [0.25, 0.3) is 0 Å². The van der Waals surface area contributed by atoms with E-state index in [0.717, 1.165) is 29.2 Å². The Morgan fingerprint density at radius 2 is 2.31 bits per heavy atom. The van der Waals surface area contributed by atoms with Crippen LogP contribution >= 0.6 is 0 Å². The van der Waals surface area contributed by atoms with Gasteiger partial charge in [0.2, 0.25) is 0 Å². The summed E-state index contributed by atoms with van der Waals surface area (Å²) in [4.78, 5) is 0. The van der Waals surface area contributed by atoms with Gasteiger partial charge in [0, 0.05) is 29.6 Å². The minimum atomic E-state index is 0.784. The van der Waals surface area contributed by atoms with Crippen LogP contribution in [0.2, 0.25) is 0 Å². The Kier molecular flexibility index (Phi) is 1.85. The van der Waals surface area contributed by atoms with Crippen LogP contribution in [0.15, 0.2) is 24.3 Å². The van der Waals surface area contributed by atoms with Crippen LogP contribution in [-0.4, -0.2) is 13.7 Å². The van der Waals surface area contributed by atoms with E-state index in [9.17, 15) is 0 Å². The second-order valence-corrected chi connectivity index (χ2v) is 2.95. The molecule has 0 fully saturated rings. The summed E-state index contributed by atoms with van der Waals surface area (Å²) in [6.45, 7) is 0.784. The highest BCUT2D eigenvalue weighted by molar-refractivity contribution is 5.78. The van der Waals surface area contributed by atoms with Gasteiger partial charge in [-0.2, -0.15) is 0 Å². The lowest BCUT2D eigenvalue weighted by atomic mass is 10.1. The highest BCUT2D eigenvalue weighted by atomic mass is 16.5. The molecule has 0 saturated carbocycles. The molecule has 3 nitrogen and oxygen atoms in total. The molecule has 0 aliphatic carbocycles. The zero-order valence-electron chi connectivity index (χ0n) is 7.50. The van der Waals surface area contributed by atoms with Crippen LogP contribution in [0.25, 0.3) is 5.70 Å². The first-order valence-corrected chi connectivity index (χ1v) is 4.19. The van der Waals surface area contributed by atoms with Gasteiger partial charge in [0.15, 0.2) is 0 Å². The molecule has 3 heteroatoms. The Hall–Kier alpha value is -1.64. The number of rotatable bonds is 1. The molecular weight excluding hydrogens is 164 g/mol. The molecule has 0 atom stereocenters. The van der Waals surface area contributed by atoms with Gasteiger partial charge < -0.3 is 15.8 Å². The number of nitrogens with one attached hydrogen (secondary N) is 1. The summed E-state index contributed by atoms with van der Waals surface area (Å²) in [6, 6.07) is 5.83. The van der Waals surface area contributed by atoms with Crippen molar-refractivity contribution in [2.75, 3.05) is 19.0 Å². The molecule has 1 aromatic carbocycles. The van der Waals surface area contributed by atoms with Crippen molar-refractivity contribution in [3.63, 3.8) is 0 Å². The number of nitrogens with two attached hydrogens (primary N) is 1. The second-order valence-electron chi connectivity index (χ2n) is 2.95. The molecule has 68 valence electrons. The standard InChI is InChI=1S/C10H12N2O/c1-13-7-2-3-8-9(11)4-5-12-10(8)6-7/h2-4,6,12H,5,11H2,1H3. The van der Waals surface area contributed by atoms with E-state index < -0.39 is 0 Å². The lowest BCUT2D eigenvalue weighted by Gasteiger charge is -2.17. The maximum Gasteiger partial charge on any atom is 0.120 e. The Morgan fingerprint density at radius 3 is 3.08 bits per heavy atom. The summed E-state index contributed by atoms with van der Waals surface area (Å²) in [5, 5.41) is 3.23. The number of anilines is 1. The van der Waals surface area contributed by atoms with Crippen molar-refractivity contribution < 1.29 is 4.74 Å². The fourth-order valence-electron chi connectivity index (χ4n) is 1.43. The lowest BCUT2D eigenvalue weighted by Crippen LogP contribution is -2.12. The van der Waals surface area contributed by atoms with Crippen molar-refractivity contribution in [3.8, 4) is 5.75 Å². The summed E-state index contributed by atoms with van der Waals surface area (Å²) in [5.41, 5.74) is 8.74. The van der Waals surface area contributed by atoms with Gasteiger partial charge in [-0.3, -0.25) is 0 Å². The van der Waals surface area contributed by atoms with E-state index in [0.29, 0.717) is 0 Å². The van der Waals surface area contributed by atoms with Crippen molar-refractivity contribution in [1.29, 1.82) is 0 Å². The first-order chi connectivity index (χ1) is 6.31. The van der Waals surface area contributed by atoms with Crippen LogP contribution in [0, 0.1) is 0 Å². The first kappa shape index (κ1) is 7.98. The number of ether oxygens (including phenoxy) is 1. The second kappa shape index (κ2) is 3.01. The van der Waals surface area contributed by atoms with Crippen LogP contribution in [0.1, 0.15) is 5.56 Å². The summed E-state index contributed by atoms with van der Waals surface area (Å²) in [7, 11) is 1.66. The first-order valence-electron chi connectivity index (χ1n) is 4.19. The maximum atomic E-state index is 5.82. The predicted molar refractivity (Wildman–Crippen MR) is 53.6 cm³/mol. The van der Waals surface area contributed by atoms with Gasteiger partial charge in [-0.25, -0.2) is 0 Å². The molecule has 0 saturated heterocycles. The number of methoxy groups -OCH3 is 1. The average Bonchev–Trinajstić information content (AvgIpc) is 2.18. The van der Waals surface area contributed by atoms with Crippen LogP contribution in [0.5, 0.6) is 5.75 Å². The van der Waals surface area contributed by atoms with Gasteiger partial charge >= 0.3 is 0 Å². The van der Waals surface area contributed by atoms with Gasteiger partial charge in [-0.15, -0.1) is 0 Å². The maximum absolute atomic E-state index is 5.82. The van der Waals surface area contributed by atoms with Crippen molar-refractivity contribution in [1.82, 2.24) is 0 Å². The summed E-state index contributed by atoms with van der Waals surface area (Å²) < 4.78 is 5.12. The molecule has 3 N–H and O–H groups in total. The van der Waals surface area contributed by atoms with Crippen LogP contribution in [0.4, 0.5) is 5.69 Å². The zero-order valence-corrected chi connectivity index (χ0v) is 7.50. The van der Waals surface area contributed by atoms with Gasteiger partial charge in [0.1, 0.15) is 5.75 Å². The summed E-state index contributed by atoms with van der Waals surface area (Å²) in [5.74, 6) is 0.848. The minimum Gasteiger partial charge on any atom is -0.497 e. The molecule has 0 bridgehead atoms. The summed E-state index contributed by atoms with van der Waals surface area (Å²) in [6.07, 6.45) is 1.97. The van der Waals surface area contributed by atoms with E-state index in [1.54, 1.807) is 7.11 Å². The smallest absolute Gasteiger partial charge is 0.120 e. The highest BCUT2D eigenvalue weighted by Gasteiger charge is 2.09. The molecule has 1 aliphatic rings. The Bertz CT molecular complexity index is 358. The molecule has 0 radical (unpaired) electrons. The largest absolute Gasteiger partial charge is 0.497 e. The van der Waals surface area contributed by atoms with E-state index in [4.69, 9.17) is 10.5 Å². The van der Waals surface area contributed by atoms with Crippen molar-refractivity contribution in [2.45, 2.75) is 0 Å². The van der Waals surface area contributed by atoms with E-state index in [1.165, 1.54) is 0 Å². The third-order valence-corrected chi connectivity index (χ3v) is 2.15. The highest BCUT2D eigenvalue weighted by Crippen LogP contribution is 2.28. The molecule has 0 spiro atoms. The third kappa shape index (κ3) is 1.33. The molecule has 0 amide bonds. The van der Waals surface area contributed by atoms with Crippen LogP contribution in [-0.2, 0) is 0 Å². The number of fused-ring (bicyclic) bond motifs is 1. The molecular formula is C10H12N2O. The third-order valence-electron chi connectivity index (χ3n) is 2.15. The average molecular weight is 176 g/mol. The van der Waals surface area contributed by atoms with E-state index in [1.807, 2.05) is 24.3 Å². The van der Waals surface area contributed by atoms with Crippen LogP contribution in [0.3, 0.4) is 0 Å². The van der Waals surface area contributed by atoms with E-state index >= 15 is 0 Å². The Labute approximate surface area is 77.2 Å².